The number of sulfonamides is 1. The molecule has 37 heavy (non-hydrogen) atoms. The van der Waals surface area contributed by atoms with Crippen LogP contribution in [-0.4, -0.2) is 32.9 Å². The van der Waals surface area contributed by atoms with Crippen molar-refractivity contribution in [3.8, 4) is 11.1 Å². The summed E-state index contributed by atoms with van der Waals surface area (Å²) >= 11 is 0. The van der Waals surface area contributed by atoms with Crippen LogP contribution in [-0.2, 0) is 21.2 Å². The van der Waals surface area contributed by atoms with Crippen molar-refractivity contribution in [2.45, 2.75) is 51.5 Å². The van der Waals surface area contributed by atoms with Gasteiger partial charge in [-0.25, -0.2) is 13.2 Å². The van der Waals surface area contributed by atoms with Crippen LogP contribution in [0.5, 0.6) is 0 Å². The van der Waals surface area contributed by atoms with Gasteiger partial charge in [-0.05, 0) is 73.6 Å². The number of benzene rings is 3. The van der Waals surface area contributed by atoms with Gasteiger partial charge in [0.25, 0.3) is 0 Å². The van der Waals surface area contributed by atoms with E-state index in [-0.39, 0.29) is 17.3 Å². The topological polar surface area (TPSA) is 130 Å². The highest BCUT2D eigenvalue weighted by molar-refractivity contribution is 7.89. The van der Waals surface area contributed by atoms with Gasteiger partial charge < -0.3 is 16.4 Å². The number of carbonyl (C=O) groups excluding carboxylic acids is 2. The molecule has 0 fully saturated rings. The number of carbonyl (C=O) groups is 2. The van der Waals surface area contributed by atoms with Crippen LogP contribution < -0.4 is 21.1 Å². The molecule has 5 N–H and O–H groups in total. The first kappa shape index (κ1) is 27.9. The van der Waals surface area contributed by atoms with Gasteiger partial charge in [-0.15, -0.1) is 0 Å². The highest BCUT2D eigenvalue weighted by Crippen LogP contribution is 2.25. The minimum Gasteiger partial charge on any atom is -0.368 e. The van der Waals surface area contributed by atoms with E-state index in [1.807, 2.05) is 62.4 Å². The van der Waals surface area contributed by atoms with Crippen LogP contribution in [0.1, 0.15) is 35.6 Å². The van der Waals surface area contributed by atoms with Crippen molar-refractivity contribution in [3.63, 3.8) is 0 Å². The molecule has 0 radical (unpaired) electrons. The molecule has 0 saturated carbocycles. The lowest BCUT2D eigenvalue weighted by atomic mass is 10.0. The van der Waals surface area contributed by atoms with E-state index >= 15 is 0 Å². The molecule has 3 aromatic rings. The third kappa shape index (κ3) is 7.41. The summed E-state index contributed by atoms with van der Waals surface area (Å²) in [5, 5.41) is 5.59. The number of anilines is 1. The Kier molecular flexibility index (Phi) is 9.07. The minimum absolute atomic E-state index is 0.109. The Bertz CT molecular complexity index is 1360. The average Bonchev–Trinajstić information content (AvgIpc) is 2.82. The summed E-state index contributed by atoms with van der Waals surface area (Å²) in [4.78, 5) is 24.3. The molecular formula is C28H34N4O4S. The highest BCUT2D eigenvalue weighted by Gasteiger charge is 2.27. The predicted molar refractivity (Wildman–Crippen MR) is 147 cm³/mol. The van der Waals surface area contributed by atoms with Crippen LogP contribution in [0, 0.1) is 20.8 Å². The average molecular weight is 523 g/mol. The summed E-state index contributed by atoms with van der Waals surface area (Å²) in [5.74, 6) is -0.754. The van der Waals surface area contributed by atoms with Gasteiger partial charge in [0.05, 0.1) is 4.90 Å². The normalized spacial score (nSPS) is 12.1. The number of amides is 3. The zero-order valence-electron chi connectivity index (χ0n) is 21.6. The van der Waals surface area contributed by atoms with Crippen molar-refractivity contribution in [3.05, 3.63) is 82.9 Å². The monoisotopic (exact) mass is 522 g/mol. The molecule has 0 aliphatic rings. The molecule has 9 heteroatoms. The second-order valence-electron chi connectivity index (χ2n) is 9.17. The molecule has 3 aromatic carbocycles. The number of aryl methyl sites for hydroxylation is 3. The van der Waals surface area contributed by atoms with Crippen molar-refractivity contribution >= 4 is 27.6 Å². The fraction of sp³-hybridized carbons (Fsp3) is 0.286. The number of primary amides is 1. The van der Waals surface area contributed by atoms with Crippen LogP contribution >= 0.6 is 0 Å². The maximum Gasteiger partial charge on any atom is 0.319 e. The molecule has 0 saturated heterocycles. The second kappa shape index (κ2) is 12.0. The first-order valence-corrected chi connectivity index (χ1v) is 13.6. The zero-order chi connectivity index (χ0) is 27.2. The smallest absolute Gasteiger partial charge is 0.319 e. The Hall–Kier alpha value is -3.69. The molecule has 3 amide bonds. The maximum absolute atomic E-state index is 13.1. The van der Waals surface area contributed by atoms with Gasteiger partial charge >= 0.3 is 6.03 Å². The van der Waals surface area contributed by atoms with E-state index in [1.54, 1.807) is 26.0 Å². The maximum atomic E-state index is 13.1. The number of hydrogen-bond acceptors (Lipinski definition) is 4. The van der Waals surface area contributed by atoms with E-state index in [0.29, 0.717) is 23.4 Å². The first-order valence-electron chi connectivity index (χ1n) is 12.1. The molecule has 0 aromatic heterocycles. The van der Waals surface area contributed by atoms with Crippen LogP contribution in [0.15, 0.2) is 65.6 Å². The summed E-state index contributed by atoms with van der Waals surface area (Å²) in [6, 6.07) is 17.1. The Morgan fingerprint density at radius 1 is 0.919 bits per heavy atom. The van der Waals surface area contributed by atoms with E-state index in [2.05, 4.69) is 15.4 Å². The van der Waals surface area contributed by atoms with E-state index in [9.17, 15) is 18.0 Å². The van der Waals surface area contributed by atoms with Crippen molar-refractivity contribution in [2.75, 3.05) is 11.9 Å². The highest BCUT2D eigenvalue weighted by atomic mass is 32.2. The fourth-order valence-corrected chi connectivity index (χ4v) is 5.95. The van der Waals surface area contributed by atoms with Crippen LogP contribution in [0.25, 0.3) is 11.1 Å². The Morgan fingerprint density at radius 2 is 1.57 bits per heavy atom. The molecule has 0 spiro atoms. The molecule has 8 nitrogen and oxygen atoms in total. The third-order valence-electron chi connectivity index (χ3n) is 5.90. The van der Waals surface area contributed by atoms with E-state index in [0.717, 1.165) is 28.7 Å². The standard InChI is InChI=1S/C28H34N4O4S/c1-5-13-30-28(34)31-24-8-6-7-23(17-24)22-11-9-21(10-12-22)16-25(27(29)33)32-37(35,36)26-19(3)14-18(2)15-20(26)4/h6-12,14-15,17,25,32H,5,13,16H2,1-4H3,(H2,29,33)(H2,30,31,34)/t25-/m0/s1. The summed E-state index contributed by atoms with van der Waals surface area (Å²) in [5.41, 5.74) is 11.0. The Balaban J connectivity index is 1.75. The predicted octanol–water partition coefficient (Wildman–Crippen LogP) is 4.19. The number of nitrogens with one attached hydrogen (secondary N) is 3. The molecule has 3 rings (SSSR count). The summed E-state index contributed by atoms with van der Waals surface area (Å²) in [6.45, 7) is 7.94. The van der Waals surface area contributed by atoms with Crippen molar-refractivity contribution in [1.29, 1.82) is 0 Å². The minimum atomic E-state index is -3.97. The van der Waals surface area contributed by atoms with E-state index < -0.39 is 22.0 Å². The van der Waals surface area contributed by atoms with Crippen LogP contribution in [0.4, 0.5) is 10.5 Å². The summed E-state index contributed by atoms with van der Waals surface area (Å²) in [6.07, 6.45) is 0.959. The van der Waals surface area contributed by atoms with Crippen molar-refractivity contribution < 1.29 is 18.0 Å². The second-order valence-corrected chi connectivity index (χ2v) is 10.8. The van der Waals surface area contributed by atoms with E-state index in [4.69, 9.17) is 5.73 Å². The molecule has 0 unspecified atom stereocenters. The fourth-order valence-electron chi connectivity index (χ4n) is 4.30. The lowest BCUT2D eigenvalue weighted by Gasteiger charge is -2.19. The first-order chi connectivity index (χ1) is 17.5. The molecule has 0 aliphatic heterocycles. The molecule has 196 valence electrons. The summed E-state index contributed by atoms with van der Waals surface area (Å²) in [7, 11) is -3.97. The van der Waals surface area contributed by atoms with Crippen molar-refractivity contribution in [2.24, 2.45) is 5.73 Å². The molecular weight excluding hydrogens is 488 g/mol. The van der Waals surface area contributed by atoms with Gasteiger partial charge in [-0.3, -0.25) is 4.79 Å². The Morgan fingerprint density at radius 3 is 2.16 bits per heavy atom. The Labute approximate surface area is 218 Å². The number of hydrogen-bond donors (Lipinski definition) is 4. The zero-order valence-corrected chi connectivity index (χ0v) is 22.4. The molecule has 0 heterocycles. The van der Waals surface area contributed by atoms with Gasteiger partial charge in [0.1, 0.15) is 6.04 Å². The lowest BCUT2D eigenvalue weighted by Crippen LogP contribution is -2.46. The summed E-state index contributed by atoms with van der Waals surface area (Å²) < 4.78 is 28.8. The van der Waals surface area contributed by atoms with Gasteiger partial charge in [-0.2, -0.15) is 4.72 Å². The van der Waals surface area contributed by atoms with Crippen LogP contribution in [0.2, 0.25) is 0 Å². The largest absolute Gasteiger partial charge is 0.368 e. The molecule has 0 bridgehead atoms. The van der Waals surface area contributed by atoms with Gasteiger partial charge in [0, 0.05) is 12.2 Å². The third-order valence-corrected chi connectivity index (χ3v) is 7.67. The van der Waals surface area contributed by atoms with Gasteiger partial charge in [0.15, 0.2) is 0 Å². The van der Waals surface area contributed by atoms with Crippen LogP contribution in [0.3, 0.4) is 0 Å². The quantitative estimate of drug-likeness (QED) is 0.318. The van der Waals surface area contributed by atoms with E-state index in [1.165, 1.54) is 0 Å². The molecule has 0 aliphatic carbocycles. The number of nitrogens with two attached hydrogens (primary N) is 1. The molecule has 1 atom stereocenters. The lowest BCUT2D eigenvalue weighted by molar-refractivity contribution is -0.119. The number of rotatable bonds is 10. The number of urea groups is 1. The SMILES string of the molecule is CCCNC(=O)Nc1cccc(-c2ccc(C[C@H](NS(=O)(=O)c3c(C)cc(C)cc3C)C(N)=O)cc2)c1. The van der Waals surface area contributed by atoms with Crippen molar-refractivity contribution in [1.82, 2.24) is 10.0 Å². The van der Waals surface area contributed by atoms with Gasteiger partial charge in [-0.1, -0.05) is 61.0 Å². The van der Waals surface area contributed by atoms with Gasteiger partial charge in [0.2, 0.25) is 15.9 Å².